The molecule has 0 nitrogen and oxygen atoms in total. The van der Waals surface area contributed by atoms with Gasteiger partial charge >= 0.3 is 0 Å². The summed E-state index contributed by atoms with van der Waals surface area (Å²) in [6.45, 7) is 6.02. The van der Waals surface area contributed by atoms with Gasteiger partial charge in [-0.25, -0.2) is 0 Å². The van der Waals surface area contributed by atoms with Crippen LogP contribution in [0.1, 0.15) is 45.4 Å². The normalized spacial score (nSPS) is 6.50. The smallest absolute Gasteiger partial charge is 0 e. The quantitative estimate of drug-likeness (QED) is 0.380. The van der Waals surface area contributed by atoms with Gasteiger partial charge in [-0.15, -0.1) is 12.4 Å². The summed E-state index contributed by atoms with van der Waals surface area (Å²) >= 11 is 0. The van der Waals surface area contributed by atoms with Crippen molar-refractivity contribution in [1.29, 1.82) is 0 Å². The molecule has 0 aromatic carbocycles. The second-order valence-electron chi connectivity index (χ2n) is 2.27. The van der Waals surface area contributed by atoms with Crippen molar-refractivity contribution in [1.82, 2.24) is 0 Å². The molecule has 0 aromatic rings. The van der Waals surface area contributed by atoms with Gasteiger partial charge in [0, 0.05) is 19.5 Å². The Bertz CT molecular complexity index is 34.8. The molecule has 2 heteroatoms. The molecule has 76 valence electrons. The summed E-state index contributed by atoms with van der Waals surface area (Å²) in [4.78, 5) is 0. The number of hydrogen-bond acceptors (Lipinski definition) is 0. The Hall–Kier alpha value is 0.913. The van der Waals surface area contributed by atoms with Crippen LogP contribution in [0.4, 0.5) is 0 Å². The van der Waals surface area contributed by atoms with Gasteiger partial charge in [-0.3, -0.25) is 0 Å². The summed E-state index contributed by atoms with van der Waals surface area (Å²) in [6, 6.07) is 0. The van der Waals surface area contributed by atoms with Crippen LogP contribution in [0.3, 0.4) is 0 Å². The molecule has 0 spiro atoms. The minimum Gasteiger partial charge on any atom is -0.358 e. The fourth-order valence-electron chi connectivity index (χ4n) is 0.780. The molecular weight excluding hydrogens is 221 g/mol. The van der Waals surface area contributed by atoms with Crippen molar-refractivity contribution < 1.29 is 19.5 Å². The first kappa shape index (κ1) is 29.3. The Morgan fingerprint density at radius 2 is 1.33 bits per heavy atom. The molecule has 0 aliphatic carbocycles. The molecule has 0 bridgehead atoms. The van der Waals surface area contributed by atoms with E-state index in [2.05, 4.69) is 13.8 Å². The molecule has 12 heavy (non-hydrogen) atoms. The van der Waals surface area contributed by atoms with Gasteiger partial charge < -0.3 is 21.8 Å². The number of rotatable bonds is 5. The molecule has 0 aliphatic rings. The summed E-state index contributed by atoms with van der Waals surface area (Å²) in [6.07, 6.45) is 7.98. The molecule has 0 amide bonds. The monoisotopic (exact) mass is 243 g/mol. The number of halogens is 1. The van der Waals surface area contributed by atoms with Gasteiger partial charge in [0.2, 0.25) is 0 Å². The van der Waals surface area contributed by atoms with E-state index < -0.39 is 0 Å². The van der Waals surface area contributed by atoms with Crippen LogP contribution in [0.15, 0.2) is 0 Å². The van der Waals surface area contributed by atoms with Crippen molar-refractivity contribution in [3.8, 4) is 0 Å². The fourth-order valence-corrected chi connectivity index (χ4v) is 0.780. The first-order valence-electron chi connectivity index (χ1n) is 3.71. The van der Waals surface area contributed by atoms with E-state index in [0.717, 1.165) is 6.42 Å². The Balaban J connectivity index is -0.0000000408. The van der Waals surface area contributed by atoms with E-state index in [1.807, 2.05) is 0 Å². The van der Waals surface area contributed by atoms with Crippen LogP contribution < -0.4 is 0 Å². The van der Waals surface area contributed by atoms with Gasteiger partial charge in [-0.05, 0) is 0 Å². The maximum Gasteiger partial charge on any atom is 0 e. The average molecular weight is 245 g/mol. The maximum absolute atomic E-state index is 3.78. The zero-order valence-corrected chi connectivity index (χ0v) is 12.8. The third-order valence-electron chi connectivity index (χ3n) is 1.35. The maximum atomic E-state index is 3.78. The molecule has 0 radical (unpaired) electrons. The van der Waals surface area contributed by atoms with Crippen LogP contribution in [-0.4, -0.2) is 0 Å². The topological polar surface area (TPSA) is 0 Å². The molecular formula is C10H24ClZn-3. The van der Waals surface area contributed by atoms with E-state index in [1.165, 1.54) is 32.1 Å². The molecule has 0 aromatic heterocycles. The number of hydrogen-bond donors (Lipinski definition) is 0. The molecule has 0 heterocycles. The van der Waals surface area contributed by atoms with E-state index in [4.69, 9.17) is 0 Å². The van der Waals surface area contributed by atoms with Gasteiger partial charge in [-0.1, -0.05) is 39.0 Å². The molecule has 0 rings (SSSR count). The van der Waals surface area contributed by atoms with E-state index in [-0.39, 0.29) is 46.7 Å². The zero-order chi connectivity index (χ0) is 6.24. The Labute approximate surface area is 99.1 Å². The third kappa shape index (κ3) is 30.7. The Morgan fingerprint density at radius 3 is 1.67 bits per heavy atom. The second-order valence-corrected chi connectivity index (χ2v) is 2.27. The van der Waals surface area contributed by atoms with Crippen molar-refractivity contribution in [3.05, 3.63) is 21.8 Å². The molecule has 0 N–H and O–H groups in total. The zero-order valence-electron chi connectivity index (χ0n) is 9.07. The van der Waals surface area contributed by atoms with E-state index in [1.54, 1.807) is 0 Å². The Kier molecular flexibility index (Phi) is 72.4. The van der Waals surface area contributed by atoms with E-state index in [9.17, 15) is 0 Å². The van der Waals surface area contributed by atoms with Crippen molar-refractivity contribution in [3.63, 3.8) is 0 Å². The van der Waals surface area contributed by atoms with E-state index in [0.29, 0.717) is 0 Å². The van der Waals surface area contributed by atoms with Crippen LogP contribution in [0.25, 0.3) is 0 Å². The largest absolute Gasteiger partial charge is 0.358 e. The molecule has 0 saturated heterocycles. The molecule has 0 aliphatic heterocycles. The summed E-state index contributed by atoms with van der Waals surface area (Å²) in [5.74, 6) is 0. The SMILES string of the molecule is Cl.[CH2-]CCCCCCC.[CH3-].[CH3-].[Zn]. The molecule has 0 saturated carbocycles. The van der Waals surface area contributed by atoms with Crippen LogP contribution in [0.5, 0.6) is 0 Å². The summed E-state index contributed by atoms with van der Waals surface area (Å²) < 4.78 is 0. The predicted octanol–water partition coefficient (Wildman–Crippen LogP) is 4.50. The summed E-state index contributed by atoms with van der Waals surface area (Å²) in [7, 11) is 0. The minimum absolute atomic E-state index is 0. The van der Waals surface area contributed by atoms with Crippen LogP contribution in [0, 0.1) is 21.8 Å². The van der Waals surface area contributed by atoms with Gasteiger partial charge in [0.15, 0.2) is 0 Å². The van der Waals surface area contributed by atoms with Gasteiger partial charge in [0.1, 0.15) is 0 Å². The summed E-state index contributed by atoms with van der Waals surface area (Å²) in [5, 5.41) is 0. The molecule has 0 fully saturated rings. The predicted molar refractivity (Wildman–Crippen MR) is 58.8 cm³/mol. The van der Waals surface area contributed by atoms with Gasteiger partial charge in [0.05, 0.1) is 0 Å². The van der Waals surface area contributed by atoms with Crippen molar-refractivity contribution in [2.24, 2.45) is 0 Å². The van der Waals surface area contributed by atoms with E-state index >= 15 is 0 Å². The van der Waals surface area contributed by atoms with Crippen molar-refractivity contribution in [2.45, 2.75) is 45.4 Å². The van der Waals surface area contributed by atoms with Gasteiger partial charge in [0.25, 0.3) is 0 Å². The van der Waals surface area contributed by atoms with Crippen molar-refractivity contribution in [2.75, 3.05) is 0 Å². The van der Waals surface area contributed by atoms with Crippen LogP contribution in [-0.2, 0) is 19.5 Å². The molecule has 0 atom stereocenters. The Morgan fingerprint density at radius 1 is 0.917 bits per heavy atom. The second kappa shape index (κ2) is 29.7. The van der Waals surface area contributed by atoms with Gasteiger partial charge in [-0.2, -0.15) is 6.42 Å². The van der Waals surface area contributed by atoms with Crippen LogP contribution in [0.2, 0.25) is 0 Å². The molecule has 0 unspecified atom stereocenters. The standard InChI is InChI=1S/C8H17.2CH3.ClH.Zn/c1-3-5-7-8-6-4-2;;;;/h1,3-8H2,2H3;2*1H3;1H;/q3*-1;;. The minimum atomic E-state index is 0. The first-order chi connectivity index (χ1) is 3.91. The summed E-state index contributed by atoms with van der Waals surface area (Å²) in [5.41, 5.74) is 0. The fraction of sp³-hybridized carbons (Fsp3) is 0.700. The van der Waals surface area contributed by atoms with Crippen molar-refractivity contribution >= 4 is 12.4 Å². The first-order valence-corrected chi connectivity index (χ1v) is 3.71. The average Bonchev–Trinajstić information content (AvgIpc) is 1.81. The van der Waals surface area contributed by atoms with Crippen LogP contribution >= 0.6 is 12.4 Å². The number of unbranched alkanes of at least 4 members (excludes halogenated alkanes) is 5. The third-order valence-corrected chi connectivity index (χ3v) is 1.35.